The van der Waals surface area contributed by atoms with Crippen LogP contribution in [-0.2, 0) is 0 Å². The third-order valence-electron chi connectivity index (χ3n) is 21.8. The van der Waals surface area contributed by atoms with Gasteiger partial charge in [0.2, 0.25) is 0 Å². The maximum atomic E-state index is 7.62. The van der Waals surface area contributed by atoms with E-state index in [0.717, 1.165) is 55.0 Å². The first-order valence-corrected chi connectivity index (χ1v) is 32.0. The highest BCUT2D eigenvalue weighted by atomic mass is 16.3. The smallest absolute Gasteiger partial charge is 0.333 e. The molecule has 0 unspecified atom stereocenters. The van der Waals surface area contributed by atoms with Gasteiger partial charge in [-0.1, -0.05) is 206 Å². The molecule has 4 aliphatic rings. The number of benzene rings is 14. The molecule has 0 N–H and O–H groups in total. The van der Waals surface area contributed by atoms with Gasteiger partial charge in [0.05, 0.1) is 22.1 Å². The Bertz CT molecular complexity index is 6890. The minimum atomic E-state index is -0.176. The van der Waals surface area contributed by atoms with E-state index in [1.807, 2.05) is 0 Å². The van der Waals surface area contributed by atoms with Gasteiger partial charge in [0.25, 0.3) is 0 Å². The summed E-state index contributed by atoms with van der Waals surface area (Å²) in [6, 6.07) is 100. The molecule has 0 radical (unpaired) electrons. The molecule has 20 aromatic rings. The Balaban J connectivity index is 0.787. The van der Waals surface area contributed by atoms with Gasteiger partial charge < -0.3 is 26.9 Å². The molecule has 418 valence electrons. The van der Waals surface area contributed by atoms with E-state index in [0.29, 0.717) is 0 Å². The Hall–Kier alpha value is -12.0. The van der Waals surface area contributed by atoms with E-state index in [4.69, 9.17) is 8.83 Å². The molecule has 6 nitrogen and oxygen atoms in total. The molecular formula is C84H44B2N4O2. The summed E-state index contributed by atoms with van der Waals surface area (Å²) < 4.78 is 25.3. The van der Waals surface area contributed by atoms with E-state index in [9.17, 15) is 0 Å². The fourth-order valence-corrected chi connectivity index (χ4v) is 18.4. The van der Waals surface area contributed by atoms with Crippen molar-refractivity contribution in [2.45, 2.75) is 0 Å². The van der Waals surface area contributed by atoms with Crippen LogP contribution in [0, 0.1) is 0 Å². The second kappa shape index (κ2) is 16.3. The monoisotopic (exact) mass is 1160 g/mol. The highest BCUT2D eigenvalue weighted by molar-refractivity contribution is 6.91. The first-order valence-electron chi connectivity index (χ1n) is 32.0. The van der Waals surface area contributed by atoms with Gasteiger partial charge in [0.15, 0.2) is 0 Å². The predicted octanol–water partition coefficient (Wildman–Crippen LogP) is 18.8. The van der Waals surface area contributed by atoms with Crippen LogP contribution < -0.4 is 21.9 Å². The van der Waals surface area contributed by atoms with Crippen LogP contribution in [0.15, 0.2) is 276 Å². The second-order valence-corrected chi connectivity index (χ2v) is 26.1. The van der Waals surface area contributed by atoms with Crippen molar-refractivity contribution in [3.05, 3.63) is 267 Å². The van der Waals surface area contributed by atoms with Gasteiger partial charge in [-0.2, -0.15) is 0 Å². The Morgan fingerprint density at radius 3 is 1.39 bits per heavy atom. The predicted molar refractivity (Wildman–Crippen MR) is 384 cm³/mol. The van der Waals surface area contributed by atoms with E-state index >= 15 is 0 Å². The molecule has 6 aromatic heterocycles. The fourth-order valence-electron chi connectivity index (χ4n) is 18.4. The lowest BCUT2D eigenvalue weighted by Crippen LogP contribution is -2.55. The van der Waals surface area contributed by atoms with Gasteiger partial charge >= 0.3 is 13.7 Å². The SMILES string of the molecule is c1ccc(-c2cc3c4c(c2)c2ccccc2n4-c2cc4c(oc5ccccc54)c4c2B3n2c3ccc(-c5cccc6c5oc5cc7c8c(c56)-c5cccc6c9ccccc9n(c56)B8c5cc(-c6ccccc6)cc6c8ccccc8n-7c56)cc3c3cccc-4c32)cc1. The van der Waals surface area contributed by atoms with Crippen LogP contribution in [-0.4, -0.2) is 31.8 Å². The van der Waals surface area contributed by atoms with Crippen molar-refractivity contribution in [3.63, 3.8) is 0 Å². The maximum Gasteiger partial charge on any atom is 0.333 e. The topological polar surface area (TPSA) is 46.0 Å². The molecule has 4 aliphatic heterocycles. The Morgan fingerprint density at radius 2 is 0.739 bits per heavy atom. The maximum absolute atomic E-state index is 7.62. The zero-order valence-corrected chi connectivity index (χ0v) is 49.2. The summed E-state index contributed by atoms with van der Waals surface area (Å²) >= 11 is 0. The number of hydrogen-bond donors (Lipinski definition) is 0. The van der Waals surface area contributed by atoms with Crippen LogP contribution in [0.1, 0.15) is 0 Å². The molecule has 0 amide bonds. The number of para-hydroxylation sites is 7. The minimum absolute atomic E-state index is 0.125. The van der Waals surface area contributed by atoms with Gasteiger partial charge in [-0.3, -0.25) is 0 Å². The zero-order valence-electron chi connectivity index (χ0n) is 49.2. The highest BCUT2D eigenvalue weighted by Crippen LogP contribution is 2.52. The summed E-state index contributed by atoms with van der Waals surface area (Å²) in [5.74, 6) is 0. The van der Waals surface area contributed by atoms with Crippen LogP contribution in [0.2, 0.25) is 0 Å². The van der Waals surface area contributed by atoms with Gasteiger partial charge in [-0.15, -0.1) is 0 Å². The van der Waals surface area contributed by atoms with Crippen molar-refractivity contribution in [2.75, 3.05) is 0 Å². The lowest BCUT2D eigenvalue weighted by Gasteiger charge is -2.34. The molecule has 0 fully saturated rings. The van der Waals surface area contributed by atoms with Crippen LogP contribution in [0.25, 0.3) is 198 Å². The molecule has 10 heterocycles. The van der Waals surface area contributed by atoms with E-state index < -0.39 is 0 Å². The lowest BCUT2D eigenvalue weighted by atomic mass is 9.45. The number of rotatable bonds is 3. The summed E-state index contributed by atoms with van der Waals surface area (Å²) in [4.78, 5) is 0. The summed E-state index contributed by atoms with van der Waals surface area (Å²) in [7, 11) is 0. The normalized spacial score (nSPS) is 13.4. The van der Waals surface area contributed by atoms with Crippen molar-refractivity contribution in [1.82, 2.24) is 18.1 Å². The van der Waals surface area contributed by atoms with Crippen molar-refractivity contribution >= 4 is 167 Å². The number of nitrogens with zero attached hydrogens (tertiary/aromatic N) is 4. The van der Waals surface area contributed by atoms with E-state index in [1.54, 1.807) is 0 Å². The van der Waals surface area contributed by atoms with Gasteiger partial charge in [0, 0.05) is 126 Å². The Labute approximate surface area is 524 Å². The molecule has 0 bridgehead atoms. The summed E-state index contributed by atoms with van der Waals surface area (Å²) in [6.45, 7) is -0.301. The molecule has 8 heteroatoms. The van der Waals surface area contributed by atoms with Crippen LogP contribution in [0.4, 0.5) is 0 Å². The molecule has 24 rings (SSSR count). The third kappa shape index (κ3) is 5.46. The lowest BCUT2D eigenvalue weighted by molar-refractivity contribution is 0.669. The van der Waals surface area contributed by atoms with Crippen molar-refractivity contribution in [2.24, 2.45) is 0 Å². The van der Waals surface area contributed by atoms with E-state index in [-0.39, 0.29) is 13.7 Å². The number of fused-ring (bicyclic) bond motifs is 28. The summed E-state index contributed by atoms with van der Waals surface area (Å²) in [6.07, 6.45) is 0. The zero-order chi connectivity index (χ0) is 59.1. The Morgan fingerprint density at radius 1 is 0.261 bits per heavy atom. The van der Waals surface area contributed by atoms with Gasteiger partial charge in [0.1, 0.15) is 22.3 Å². The van der Waals surface area contributed by atoms with Crippen molar-refractivity contribution in [1.29, 1.82) is 0 Å². The molecule has 14 aromatic carbocycles. The van der Waals surface area contributed by atoms with Crippen molar-refractivity contribution in [3.8, 4) is 67.0 Å². The molecule has 0 atom stereocenters. The average molecular weight is 1160 g/mol. The highest BCUT2D eigenvalue weighted by Gasteiger charge is 2.46. The standard InChI is InChI=1S/C84H44B2N4O2/c1-3-18-45(19-4-1)48-40-62-53-24-8-12-33-67(53)88-71-44-73-74(75-57-29-16-27-55-51-22-9-13-34-68(51)89(79(55)57)85(77(71)75)64(41-48)82(62)88)59-31-15-26-50(83(59)92-73)47-36-37-69-60(38-47)56-28-17-30-58-76-78-70(43-63-54-25-10-14-35-72(54)91-84(63)76)87-66-32-11-7-23-52(66)61-39-49(46-20-5-2-6-21-46)42-65(81(61)87)86(78)90(69)80(56)58/h1-44H. The summed E-state index contributed by atoms with van der Waals surface area (Å²) in [5.41, 5.74) is 32.8. The van der Waals surface area contributed by atoms with E-state index in [2.05, 4.69) is 285 Å². The second-order valence-electron chi connectivity index (χ2n) is 26.1. The van der Waals surface area contributed by atoms with Gasteiger partial charge in [-0.25, -0.2) is 0 Å². The largest absolute Gasteiger partial charge is 0.455 e. The molecule has 0 aliphatic carbocycles. The average Bonchev–Trinajstić information content (AvgIpc) is 1.45. The van der Waals surface area contributed by atoms with Crippen molar-refractivity contribution < 1.29 is 8.83 Å². The molecule has 0 saturated heterocycles. The van der Waals surface area contributed by atoms with Crippen LogP contribution in [0.3, 0.4) is 0 Å². The number of hydrogen-bond acceptors (Lipinski definition) is 2. The quantitative estimate of drug-likeness (QED) is 0.166. The molecular weight excluding hydrogens is 1120 g/mol. The fraction of sp³-hybridized carbons (Fsp3) is 0. The van der Waals surface area contributed by atoms with E-state index in [1.165, 1.54) is 165 Å². The molecule has 92 heavy (non-hydrogen) atoms. The summed E-state index contributed by atoms with van der Waals surface area (Å²) in [5, 5.41) is 14.5. The minimum Gasteiger partial charge on any atom is -0.455 e. The Kier molecular flexibility index (Phi) is 8.31. The molecule has 0 saturated carbocycles. The molecule has 0 spiro atoms. The third-order valence-corrected chi connectivity index (χ3v) is 21.8. The first-order chi connectivity index (χ1) is 45.7. The first kappa shape index (κ1) is 47.1. The van der Waals surface area contributed by atoms with Crippen LogP contribution >= 0.6 is 0 Å². The number of aromatic nitrogens is 4. The van der Waals surface area contributed by atoms with Crippen LogP contribution in [0.5, 0.6) is 0 Å². The van der Waals surface area contributed by atoms with Gasteiger partial charge in [-0.05, 0) is 110 Å². The number of furan rings is 2.